The minimum atomic E-state index is -0.996. The molecule has 0 bridgehead atoms. The predicted molar refractivity (Wildman–Crippen MR) is 105 cm³/mol. The Hall–Kier alpha value is -3.47. The van der Waals surface area contributed by atoms with Gasteiger partial charge in [0.15, 0.2) is 0 Å². The maximum absolute atomic E-state index is 12.3. The van der Waals surface area contributed by atoms with Crippen LogP contribution in [0, 0.1) is 20.8 Å². The fourth-order valence-corrected chi connectivity index (χ4v) is 3.39. The van der Waals surface area contributed by atoms with Crippen LogP contribution in [0.3, 0.4) is 0 Å². The minimum absolute atomic E-state index is 0.211. The third kappa shape index (κ3) is 2.87. The van der Waals surface area contributed by atoms with Crippen LogP contribution in [-0.2, 0) is 0 Å². The summed E-state index contributed by atoms with van der Waals surface area (Å²) >= 11 is 0. The van der Waals surface area contributed by atoms with E-state index in [0.717, 1.165) is 22.5 Å². The Morgan fingerprint density at radius 3 is 2.33 bits per heavy atom. The first-order valence-corrected chi connectivity index (χ1v) is 8.72. The van der Waals surface area contributed by atoms with Crippen molar-refractivity contribution in [3.63, 3.8) is 0 Å². The molecule has 0 aliphatic rings. The lowest BCUT2D eigenvalue weighted by Gasteiger charge is -2.16. The molecule has 5 nitrogen and oxygen atoms in total. The molecule has 0 aliphatic heterocycles. The standard InChI is InChI=1S/C22H19N3O2/c1-13-8-10-16(11-9-13)20-21(25-15(3)12-14(2)24-25)19(22(26)27)17-6-4-5-7-18(17)23-20/h4-12H,1-3H3,(H,26,27). The van der Waals surface area contributed by atoms with Gasteiger partial charge in [-0.1, -0.05) is 48.0 Å². The number of fused-ring (bicyclic) bond motifs is 1. The van der Waals surface area contributed by atoms with Crippen LogP contribution in [0.15, 0.2) is 54.6 Å². The smallest absolute Gasteiger partial charge is 0.338 e. The van der Waals surface area contributed by atoms with Gasteiger partial charge in [-0.3, -0.25) is 0 Å². The highest BCUT2D eigenvalue weighted by Gasteiger charge is 2.24. The van der Waals surface area contributed by atoms with Crippen LogP contribution < -0.4 is 0 Å². The van der Waals surface area contributed by atoms with E-state index in [0.29, 0.717) is 22.3 Å². The molecule has 0 atom stereocenters. The van der Waals surface area contributed by atoms with E-state index >= 15 is 0 Å². The Bertz CT molecular complexity index is 1170. The topological polar surface area (TPSA) is 68.0 Å². The van der Waals surface area contributed by atoms with Gasteiger partial charge in [0.25, 0.3) is 0 Å². The number of nitrogens with zero attached hydrogens (tertiary/aromatic N) is 3. The van der Waals surface area contributed by atoms with Gasteiger partial charge in [-0.2, -0.15) is 5.10 Å². The van der Waals surface area contributed by atoms with Gasteiger partial charge in [0.05, 0.1) is 22.5 Å². The lowest BCUT2D eigenvalue weighted by molar-refractivity contribution is 0.0699. The third-order valence-electron chi connectivity index (χ3n) is 4.63. The van der Waals surface area contributed by atoms with E-state index in [1.165, 1.54) is 0 Å². The highest BCUT2D eigenvalue weighted by Crippen LogP contribution is 2.33. The van der Waals surface area contributed by atoms with Crippen LogP contribution in [0.25, 0.3) is 27.8 Å². The van der Waals surface area contributed by atoms with Gasteiger partial charge >= 0.3 is 5.97 Å². The number of carbonyl (C=O) groups is 1. The van der Waals surface area contributed by atoms with Gasteiger partial charge < -0.3 is 5.11 Å². The van der Waals surface area contributed by atoms with E-state index in [9.17, 15) is 9.90 Å². The molecule has 4 aromatic rings. The highest BCUT2D eigenvalue weighted by atomic mass is 16.4. The fraction of sp³-hybridized carbons (Fsp3) is 0.136. The van der Waals surface area contributed by atoms with Crippen LogP contribution >= 0.6 is 0 Å². The summed E-state index contributed by atoms with van der Waals surface area (Å²) < 4.78 is 1.69. The van der Waals surface area contributed by atoms with Crippen molar-refractivity contribution in [3.05, 3.63) is 77.1 Å². The fourth-order valence-electron chi connectivity index (χ4n) is 3.39. The van der Waals surface area contributed by atoms with Crippen molar-refractivity contribution in [1.29, 1.82) is 0 Å². The Balaban J connectivity index is 2.18. The van der Waals surface area contributed by atoms with Gasteiger partial charge in [0.1, 0.15) is 5.69 Å². The Kier molecular flexibility index (Phi) is 4.00. The normalized spacial score (nSPS) is 11.1. The minimum Gasteiger partial charge on any atom is -0.478 e. The first kappa shape index (κ1) is 17.0. The quantitative estimate of drug-likeness (QED) is 0.576. The molecule has 2 heterocycles. The molecule has 2 aromatic heterocycles. The molecular formula is C22H19N3O2. The van der Waals surface area contributed by atoms with Crippen molar-refractivity contribution in [2.24, 2.45) is 0 Å². The van der Waals surface area contributed by atoms with E-state index in [4.69, 9.17) is 4.98 Å². The number of pyridine rings is 1. The molecule has 5 heteroatoms. The highest BCUT2D eigenvalue weighted by molar-refractivity contribution is 6.08. The largest absolute Gasteiger partial charge is 0.478 e. The Morgan fingerprint density at radius 2 is 1.70 bits per heavy atom. The van der Waals surface area contributed by atoms with Crippen LogP contribution in [0.2, 0.25) is 0 Å². The number of para-hydroxylation sites is 1. The Labute approximate surface area is 156 Å². The van der Waals surface area contributed by atoms with Crippen LogP contribution in [0.4, 0.5) is 0 Å². The van der Waals surface area contributed by atoms with Gasteiger partial charge in [-0.15, -0.1) is 0 Å². The van der Waals surface area contributed by atoms with E-state index < -0.39 is 5.97 Å². The zero-order valence-corrected chi connectivity index (χ0v) is 15.4. The van der Waals surface area contributed by atoms with Gasteiger partial charge in [-0.05, 0) is 32.9 Å². The van der Waals surface area contributed by atoms with Crippen molar-refractivity contribution in [2.45, 2.75) is 20.8 Å². The lowest BCUT2D eigenvalue weighted by atomic mass is 10.0. The number of aryl methyl sites for hydroxylation is 3. The second kappa shape index (κ2) is 6.36. The third-order valence-corrected chi connectivity index (χ3v) is 4.63. The maximum atomic E-state index is 12.3. The van der Waals surface area contributed by atoms with Crippen molar-refractivity contribution >= 4 is 16.9 Å². The molecule has 4 rings (SSSR count). The monoisotopic (exact) mass is 357 g/mol. The number of benzene rings is 2. The number of carboxylic acids is 1. The van der Waals surface area contributed by atoms with Crippen LogP contribution in [0.1, 0.15) is 27.3 Å². The molecule has 0 spiro atoms. The van der Waals surface area contributed by atoms with Gasteiger partial charge in [0, 0.05) is 16.6 Å². The SMILES string of the molecule is Cc1ccc(-c2nc3ccccc3c(C(=O)O)c2-n2nc(C)cc2C)cc1. The molecule has 0 amide bonds. The van der Waals surface area contributed by atoms with Crippen LogP contribution in [-0.4, -0.2) is 25.8 Å². The van der Waals surface area contributed by atoms with Crippen molar-refractivity contribution < 1.29 is 9.90 Å². The summed E-state index contributed by atoms with van der Waals surface area (Å²) in [5.41, 5.74) is 5.64. The van der Waals surface area contributed by atoms with Crippen molar-refractivity contribution in [1.82, 2.24) is 14.8 Å². The van der Waals surface area contributed by atoms with E-state index in [2.05, 4.69) is 5.10 Å². The number of aromatic nitrogens is 3. The average Bonchev–Trinajstić information content (AvgIpc) is 2.98. The van der Waals surface area contributed by atoms with Crippen molar-refractivity contribution in [2.75, 3.05) is 0 Å². The summed E-state index contributed by atoms with van der Waals surface area (Å²) in [7, 11) is 0. The number of aromatic carboxylic acids is 1. The number of hydrogen-bond acceptors (Lipinski definition) is 3. The molecule has 0 radical (unpaired) electrons. The van der Waals surface area contributed by atoms with Gasteiger partial charge in [-0.25, -0.2) is 14.5 Å². The first-order chi connectivity index (χ1) is 13.0. The second-order valence-electron chi connectivity index (χ2n) is 6.71. The molecule has 2 aromatic carbocycles. The number of carboxylic acid groups (broad SMARTS) is 1. The second-order valence-corrected chi connectivity index (χ2v) is 6.71. The summed E-state index contributed by atoms with van der Waals surface area (Å²) in [6.07, 6.45) is 0. The summed E-state index contributed by atoms with van der Waals surface area (Å²) in [5, 5.41) is 15.2. The molecule has 0 saturated carbocycles. The molecule has 27 heavy (non-hydrogen) atoms. The number of rotatable bonds is 3. The summed E-state index contributed by atoms with van der Waals surface area (Å²) in [4.78, 5) is 17.1. The summed E-state index contributed by atoms with van der Waals surface area (Å²) in [6, 6.07) is 17.2. The first-order valence-electron chi connectivity index (χ1n) is 8.72. The lowest BCUT2D eigenvalue weighted by Crippen LogP contribution is -2.12. The number of hydrogen-bond donors (Lipinski definition) is 1. The van der Waals surface area contributed by atoms with Gasteiger partial charge in [0.2, 0.25) is 0 Å². The Morgan fingerprint density at radius 1 is 1.00 bits per heavy atom. The van der Waals surface area contributed by atoms with E-state index in [1.54, 1.807) is 10.7 Å². The predicted octanol–water partition coefficient (Wildman–Crippen LogP) is 4.71. The molecule has 134 valence electrons. The average molecular weight is 357 g/mol. The molecule has 0 unspecified atom stereocenters. The molecule has 0 aliphatic carbocycles. The van der Waals surface area contributed by atoms with Crippen LogP contribution in [0.5, 0.6) is 0 Å². The zero-order chi connectivity index (χ0) is 19.1. The zero-order valence-electron chi connectivity index (χ0n) is 15.4. The van der Waals surface area contributed by atoms with Crippen molar-refractivity contribution in [3.8, 4) is 16.9 Å². The summed E-state index contributed by atoms with van der Waals surface area (Å²) in [6.45, 7) is 5.83. The maximum Gasteiger partial charge on any atom is 0.338 e. The molecule has 0 fully saturated rings. The molecule has 0 saturated heterocycles. The summed E-state index contributed by atoms with van der Waals surface area (Å²) in [5.74, 6) is -0.996. The molecular weight excluding hydrogens is 338 g/mol. The van der Waals surface area contributed by atoms with E-state index in [-0.39, 0.29) is 5.56 Å². The van der Waals surface area contributed by atoms with E-state index in [1.807, 2.05) is 69.3 Å². The molecule has 1 N–H and O–H groups in total.